The normalized spacial score (nSPS) is 10.9. The van der Waals surface area contributed by atoms with Gasteiger partial charge in [-0.1, -0.05) is 6.07 Å². The molecule has 0 heterocycles. The van der Waals surface area contributed by atoms with E-state index in [2.05, 4.69) is 0 Å². The zero-order valence-electron chi connectivity index (χ0n) is 8.13. The van der Waals surface area contributed by atoms with Crippen molar-refractivity contribution in [1.29, 1.82) is 0 Å². The van der Waals surface area contributed by atoms with Crippen molar-refractivity contribution < 1.29 is 9.60 Å². The molecule has 0 saturated heterocycles. The maximum absolute atomic E-state index is 13.0. The SMILES string of the molecule is Cc1cc(CN(C)O)c(C)cc1F. The molecule has 0 atom stereocenters. The van der Waals surface area contributed by atoms with E-state index in [-0.39, 0.29) is 5.82 Å². The van der Waals surface area contributed by atoms with Gasteiger partial charge in [0.2, 0.25) is 0 Å². The first-order valence-electron chi connectivity index (χ1n) is 4.16. The first kappa shape index (κ1) is 10.2. The van der Waals surface area contributed by atoms with Gasteiger partial charge in [0.25, 0.3) is 0 Å². The Hall–Kier alpha value is -0.930. The molecule has 3 heteroatoms. The Labute approximate surface area is 77.6 Å². The predicted octanol–water partition coefficient (Wildman–Crippen LogP) is 2.26. The fourth-order valence-corrected chi connectivity index (χ4v) is 1.26. The molecular weight excluding hydrogens is 169 g/mol. The zero-order valence-corrected chi connectivity index (χ0v) is 8.13. The van der Waals surface area contributed by atoms with E-state index in [4.69, 9.17) is 5.21 Å². The zero-order chi connectivity index (χ0) is 10.0. The van der Waals surface area contributed by atoms with Crippen molar-refractivity contribution in [2.24, 2.45) is 0 Å². The Bertz CT molecular complexity index is 310. The molecule has 0 aliphatic carbocycles. The molecule has 1 rings (SSSR count). The van der Waals surface area contributed by atoms with Crippen LogP contribution in [0.5, 0.6) is 0 Å². The first-order chi connectivity index (χ1) is 6.00. The highest BCUT2D eigenvalue weighted by atomic mass is 19.1. The molecule has 0 spiro atoms. The molecule has 0 bridgehead atoms. The maximum atomic E-state index is 13.0. The minimum absolute atomic E-state index is 0.193. The number of hydroxylamine groups is 2. The summed E-state index contributed by atoms with van der Waals surface area (Å²) in [5, 5.41) is 10.1. The van der Waals surface area contributed by atoms with Crippen molar-refractivity contribution in [3.05, 3.63) is 34.6 Å². The van der Waals surface area contributed by atoms with Crippen LogP contribution in [0.1, 0.15) is 16.7 Å². The molecule has 0 aromatic heterocycles. The lowest BCUT2D eigenvalue weighted by atomic mass is 10.1. The second-order valence-electron chi connectivity index (χ2n) is 3.34. The van der Waals surface area contributed by atoms with Crippen LogP contribution in [-0.4, -0.2) is 17.3 Å². The van der Waals surface area contributed by atoms with E-state index in [1.54, 1.807) is 20.0 Å². The van der Waals surface area contributed by atoms with Crippen molar-refractivity contribution in [3.63, 3.8) is 0 Å². The predicted molar refractivity (Wildman–Crippen MR) is 49.1 cm³/mol. The van der Waals surface area contributed by atoms with Gasteiger partial charge < -0.3 is 5.21 Å². The van der Waals surface area contributed by atoms with Crippen LogP contribution >= 0.6 is 0 Å². The molecule has 0 unspecified atom stereocenters. The quantitative estimate of drug-likeness (QED) is 0.711. The number of nitrogens with zero attached hydrogens (tertiary/aromatic N) is 1. The molecule has 2 nitrogen and oxygen atoms in total. The van der Waals surface area contributed by atoms with Crippen molar-refractivity contribution in [3.8, 4) is 0 Å². The van der Waals surface area contributed by atoms with E-state index < -0.39 is 0 Å². The fourth-order valence-electron chi connectivity index (χ4n) is 1.26. The number of benzene rings is 1. The minimum atomic E-state index is -0.193. The summed E-state index contributed by atoms with van der Waals surface area (Å²) in [6.45, 7) is 3.98. The van der Waals surface area contributed by atoms with Gasteiger partial charge in [-0.25, -0.2) is 4.39 Å². The molecule has 1 N–H and O–H groups in total. The van der Waals surface area contributed by atoms with E-state index in [0.29, 0.717) is 12.1 Å². The highest BCUT2D eigenvalue weighted by Gasteiger charge is 2.05. The molecule has 1 aromatic rings. The van der Waals surface area contributed by atoms with Crippen molar-refractivity contribution in [1.82, 2.24) is 5.06 Å². The van der Waals surface area contributed by atoms with Crippen LogP contribution < -0.4 is 0 Å². The van der Waals surface area contributed by atoms with E-state index in [1.807, 2.05) is 6.92 Å². The molecule has 0 saturated carbocycles. The summed E-state index contributed by atoms with van der Waals surface area (Å²) in [7, 11) is 1.57. The molecule has 0 aliphatic rings. The topological polar surface area (TPSA) is 23.5 Å². The van der Waals surface area contributed by atoms with Gasteiger partial charge in [-0.05, 0) is 36.6 Å². The lowest BCUT2D eigenvalue weighted by Gasteiger charge is -2.11. The molecule has 0 radical (unpaired) electrons. The maximum Gasteiger partial charge on any atom is 0.126 e. The second kappa shape index (κ2) is 3.85. The number of aryl methyl sites for hydroxylation is 2. The van der Waals surface area contributed by atoms with Crippen LogP contribution in [0.25, 0.3) is 0 Å². The summed E-state index contributed by atoms with van der Waals surface area (Å²) in [4.78, 5) is 0. The Morgan fingerprint density at radius 1 is 1.31 bits per heavy atom. The Balaban J connectivity index is 3.01. The minimum Gasteiger partial charge on any atom is -0.314 e. The molecule has 0 amide bonds. The lowest BCUT2D eigenvalue weighted by Crippen LogP contribution is -2.13. The largest absolute Gasteiger partial charge is 0.314 e. The third kappa shape index (κ3) is 2.50. The Morgan fingerprint density at radius 3 is 2.46 bits per heavy atom. The van der Waals surface area contributed by atoms with Crippen LogP contribution in [0.15, 0.2) is 12.1 Å². The van der Waals surface area contributed by atoms with E-state index in [1.165, 1.54) is 6.07 Å². The second-order valence-corrected chi connectivity index (χ2v) is 3.34. The third-order valence-electron chi connectivity index (χ3n) is 2.02. The highest BCUT2D eigenvalue weighted by molar-refractivity contribution is 5.31. The van der Waals surface area contributed by atoms with Gasteiger partial charge in [-0.3, -0.25) is 0 Å². The molecule has 0 fully saturated rings. The monoisotopic (exact) mass is 183 g/mol. The van der Waals surface area contributed by atoms with Gasteiger partial charge in [0.05, 0.1) is 0 Å². The average molecular weight is 183 g/mol. The summed E-state index contributed by atoms with van der Waals surface area (Å²) in [5.74, 6) is -0.193. The van der Waals surface area contributed by atoms with Gasteiger partial charge in [0.1, 0.15) is 5.82 Å². The van der Waals surface area contributed by atoms with Gasteiger partial charge in [0, 0.05) is 13.6 Å². The van der Waals surface area contributed by atoms with E-state index in [0.717, 1.165) is 16.2 Å². The fraction of sp³-hybridized carbons (Fsp3) is 0.400. The first-order valence-corrected chi connectivity index (χ1v) is 4.16. The van der Waals surface area contributed by atoms with Crippen molar-refractivity contribution in [2.75, 3.05) is 7.05 Å². The van der Waals surface area contributed by atoms with Crippen LogP contribution in [0.4, 0.5) is 4.39 Å². The van der Waals surface area contributed by atoms with E-state index in [9.17, 15) is 4.39 Å². The van der Waals surface area contributed by atoms with Crippen LogP contribution in [0, 0.1) is 19.7 Å². The summed E-state index contributed by atoms with van der Waals surface area (Å²) in [6.07, 6.45) is 0. The number of hydrogen-bond acceptors (Lipinski definition) is 2. The lowest BCUT2D eigenvalue weighted by molar-refractivity contribution is -0.0733. The number of rotatable bonds is 2. The molecular formula is C10H14FNO. The molecule has 72 valence electrons. The average Bonchev–Trinajstić information content (AvgIpc) is 1.99. The number of halogens is 1. The Kier molecular flexibility index (Phi) is 3.01. The van der Waals surface area contributed by atoms with Crippen LogP contribution in [-0.2, 0) is 6.54 Å². The third-order valence-corrected chi connectivity index (χ3v) is 2.02. The summed E-state index contributed by atoms with van der Waals surface area (Å²) in [6, 6.07) is 3.26. The summed E-state index contributed by atoms with van der Waals surface area (Å²) < 4.78 is 13.0. The van der Waals surface area contributed by atoms with E-state index >= 15 is 0 Å². The standard InChI is InChI=1S/C10H14FNO/c1-7-5-10(11)8(2)4-9(7)6-12(3)13/h4-5,13H,6H2,1-3H3. The molecule has 13 heavy (non-hydrogen) atoms. The van der Waals surface area contributed by atoms with Gasteiger partial charge in [-0.15, -0.1) is 0 Å². The summed E-state index contributed by atoms with van der Waals surface area (Å²) in [5.41, 5.74) is 2.43. The number of hydrogen-bond donors (Lipinski definition) is 1. The van der Waals surface area contributed by atoms with Gasteiger partial charge >= 0.3 is 0 Å². The Morgan fingerprint density at radius 2 is 1.92 bits per heavy atom. The van der Waals surface area contributed by atoms with Crippen molar-refractivity contribution >= 4 is 0 Å². The smallest absolute Gasteiger partial charge is 0.126 e. The van der Waals surface area contributed by atoms with Crippen LogP contribution in [0.2, 0.25) is 0 Å². The molecule has 0 aliphatic heterocycles. The van der Waals surface area contributed by atoms with Gasteiger partial charge in [0.15, 0.2) is 0 Å². The van der Waals surface area contributed by atoms with Gasteiger partial charge in [-0.2, -0.15) is 5.06 Å². The van der Waals surface area contributed by atoms with Crippen LogP contribution in [0.3, 0.4) is 0 Å². The molecule has 1 aromatic carbocycles. The summed E-state index contributed by atoms with van der Waals surface area (Å²) >= 11 is 0. The van der Waals surface area contributed by atoms with Crippen molar-refractivity contribution in [2.45, 2.75) is 20.4 Å². The highest BCUT2D eigenvalue weighted by Crippen LogP contribution is 2.15.